The monoisotopic (exact) mass is 228 g/mol. The maximum atomic E-state index is 9.22. The molecule has 3 heteroatoms. The quantitative estimate of drug-likeness (QED) is 0.745. The number of aliphatic hydroxyl groups is 1. The van der Waals surface area contributed by atoms with Crippen molar-refractivity contribution in [3.05, 3.63) is 0 Å². The molecular weight excluding hydrogens is 200 g/mol. The van der Waals surface area contributed by atoms with Gasteiger partial charge in [-0.05, 0) is 25.4 Å². The van der Waals surface area contributed by atoms with E-state index in [9.17, 15) is 5.11 Å². The smallest absolute Gasteiger partial charge is 0.0494 e. The number of likely N-dealkylation sites (tertiary alicyclic amines) is 1. The molecule has 0 bridgehead atoms. The first kappa shape index (κ1) is 13.9. The molecule has 2 atom stereocenters. The summed E-state index contributed by atoms with van der Waals surface area (Å²) in [5.41, 5.74) is 0.00160. The maximum absolute atomic E-state index is 9.22. The van der Waals surface area contributed by atoms with E-state index >= 15 is 0 Å². The number of rotatable bonds is 5. The Bertz CT molecular complexity index is 206. The minimum atomic E-state index is 0.00160. The molecule has 96 valence electrons. The second-order valence-corrected chi connectivity index (χ2v) is 5.97. The van der Waals surface area contributed by atoms with E-state index in [0.29, 0.717) is 12.0 Å². The van der Waals surface area contributed by atoms with Gasteiger partial charge in [0.15, 0.2) is 0 Å². The zero-order valence-corrected chi connectivity index (χ0v) is 11.3. The highest BCUT2D eigenvalue weighted by atomic mass is 16.3. The lowest BCUT2D eigenvalue weighted by Crippen LogP contribution is -2.50. The van der Waals surface area contributed by atoms with Crippen LogP contribution in [-0.2, 0) is 0 Å². The van der Waals surface area contributed by atoms with Gasteiger partial charge in [0.25, 0.3) is 0 Å². The molecule has 1 saturated heterocycles. The molecular formula is C13H28N2O. The average molecular weight is 228 g/mol. The normalized spacial score (nSPS) is 28.3. The average Bonchev–Trinajstić information content (AvgIpc) is 2.27. The fraction of sp³-hybridized carbons (Fsp3) is 1.00. The number of nitrogens with zero attached hydrogens (tertiary/aromatic N) is 1. The lowest BCUT2D eigenvalue weighted by Gasteiger charge is -2.38. The Labute approximate surface area is 100 Å². The van der Waals surface area contributed by atoms with Crippen LogP contribution in [0.3, 0.4) is 0 Å². The predicted molar refractivity (Wildman–Crippen MR) is 68.6 cm³/mol. The first-order chi connectivity index (χ1) is 7.48. The summed E-state index contributed by atoms with van der Waals surface area (Å²) < 4.78 is 0. The third-order valence-corrected chi connectivity index (χ3v) is 3.71. The molecule has 2 N–H and O–H groups in total. The molecule has 0 spiro atoms. The van der Waals surface area contributed by atoms with E-state index in [1.54, 1.807) is 0 Å². The van der Waals surface area contributed by atoms with Crippen molar-refractivity contribution in [2.24, 2.45) is 11.3 Å². The van der Waals surface area contributed by atoms with Gasteiger partial charge in [0.05, 0.1) is 0 Å². The number of hydrogen-bond acceptors (Lipinski definition) is 3. The lowest BCUT2D eigenvalue weighted by molar-refractivity contribution is 0.121. The number of piperidine rings is 1. The Hall–Kier alpha value is -0.120. The molecule has 1 aliphatic heterocycles. The fourth-order valence-corrected chi connectivity index (χ4v) is 2.29. The van der Waals surface area contributed by atoms with E-state index in [-0.39, 0.29) is 12.0 Å². The van der Waals surface area contributed by atoms with Crippen molar-refractivity contribution < 1.29 is 5.11 Å². The Morgan fingerprint density at radius 2 is 2.12 bits per heavy atom. The van der Waals surface area contributed by atoms with Gasteiger partial charge < -0.3 is 15.3 Å². The maximum Gasteiger partial charge on any atom is 0.0494 e. The molecule has 0 aromatic heterocycles. The molecule has 1 fully saturated rings. The molecule has 0 amide bonds. The van der Waals surface area contributed by atoms with E-state index in [0.717, 1.165) is 6.54 Å². The van der Waals surface area contributed by atoms with Gasteiger partial charge >= 0.3 is 0 Å². The molecule has 0 saturated carbocycles. The highest BCUT2D eigenvalue weighted by molar-refractivity contribution is 4.84. The highest BCUT2D eigenvalue weighted by Crippen LogP contribution is 2.18. The molecule has 3 nitrogen and oxygen atoms in total. The molecule has 2 unspecified atom stereocenters. The van der Waals surface area contributed by atoms with Crippen LogP contribution in [0.2, 0.25) is 0 Å². The second kappa shape index (κ2) is 5.99. The van der Waals surface area contributed by atoms with Gasteiger partial charge in [-0.3, -0.25) is 0 Å². The van der Waals surface area contributed by atoms with Crippen LogP contribution < -0.4 is 5.32 Å². The number of hydrogen-bond donors (Lipinski definition) is 2. The zero-order chi connectivity index (χ0) is 12.2. The third-order valence-electron chi connectivity index (χ3n) is 3.71. The van der Waals surface area contributed by atoms with Gasteiger partial charge in [-0.25, -0.2) is 0 Å². The molecule has 1 heterocycles. The summed E-state index contributed by atoms with van der Waals surface area (Å²) in [4.78, 5) is 2.51. The SMILES string of the molecule is CCN1CCC(NCC(C)(C)CO)C(C)C1. The van der Waals surface area contributed by atoms with Gasteiger partial charge in [0.1, 0.15) is 0 Å². The fourth-order valence-electron chi connectivity index (χ4n) is 2.29. The largest absolute Gasteiger partial charge is 0.396 e. The van der Waals surface area contributed by atoms with E-state index in [2.05, 4.69) is 37.9 Å². The van der Waals surface area contributed by atoms with E-state index in [1.165, 1.54) is 26.1 Å². The molecule has 16 heavy (non-hydrogen) atoms. The van der Waals surface area contributed by atoms with E-state index in [4.69, 9.17) is 0 Å². The van der Waals surface area contributed by atoms with Gasteiger partial charge in [-0.1, -0.05) is 27.7 Å². The van der Waals surface area contributed by atoms with Crippen LogP contribution in [-0.4, -0.2) is 48.8 Å². The van der Waals surface area contributed by atoms with Crippen molar-refractivity contribution in [3.63, 3.8) is 0 Å². The number of aliphatic hydroxyl groups excluding tert-OH is 1. The summed E-state index contributed by atoms with van der Waals surface area (Å²) in [6, 6.07) is 0.619. The van der Waals surface area contributed by atoms with Crippen LogP contribution in [0.4, 0.5) is 0 Å². The zero-order valence-electron chi connectivity index (χ0n) is 11.3. The van der Waals surface area contributed by atoms with Crippen LogP contribution in [0.1, 0.15) is 34.1 Å². The van der Waals surface area contributed by atoms with Crippen molar-refractivity contribution in [1.29, 1.82) is 0 Å². The summed E-state index contributed by atoms with van der Waals surface area (Å²) in [5, 5.41) is 12.8. The summed E-state index contributed by atoms with van der Waals surface area (Å²) in [7, 11) is 0. The van der Waals surface area contributed by atoms with Gasteiger partial charge in [0, 0.05) is 31.2 Å². The van der Waals surface area contributed by atoms with Crippen LogP contribution >= 0.6 is 0 Å². The first-order valence-corrected chi connectivity index (χ1v) is 6.55. The van der Waals surface area contributed by atoms with E-state index in [1.807, 2.05) is 0 Å². The Kier molecular flexibility index (Phi) is 5.22. The van der Waals surface area contributed by atoms with Crippen LogP contribution in [0.5, 0.6) is 0 Å². The standard InChI is InChI=1S/C13H28N2O/c1-5-15-7-6-12(11(2)8-15)14-9-13(3,4)10-16/h11-12,14,16H,5-10H2,1-4H3. The van der Waals surface area contributed by atoms with Crippen LogP contribution in [0.25, 0.3) is 0 Å². The predicted octanol–water partition coefficient (Wildman–Crippen LogP) is 1.32. The second-order valence-electron chi connectivity index (χ2n) is 5.97. The molecule has 0 aliphatic carbocycles. The summed E-state index contributed by atoms with van der Waals surface area (Å²) >= 11 is 0. The van der Waals surface area contributed by atoms with Gasteiger partial charge in [0.2, 0.25) is 0 Å². The molecule has 0 radical (unpaired) electrons. The summed E-state index contributed by atoms with van der Waals surface area (Å²) in [6.45, 7) is 13.5. The summed E-state index contributed by atoms with van der Waals surface area (Å²) in [5.74, 6) is 0.711. The Balaban J connectivity index is 2.33. The summed E-state index contributed by atoms with van der Waals surface area (Å²) in [6.07, 6.45) is 1.23. The minimum Gasteiger partial charge on any atom is -0.396 e. The minimum absolute atomic E-state index is 0.00160. The van der Waals surface area contributed by atoms with Crippen LogP contribution in [0, 0.1) is 11.3 Å². The lowest BCUT2D eigenvalue weighted by atomic mass is 9.90. The number of nitrogens with one attached hydrogen (secondary N) is 1. The van der Waals surface area contributed by atoms with Crippen molar-refractivity contribution in [3.8, 4) is 0 Å². The first-order valence-electron chi connectivity index (χ1n) is 6.55. The van der Waals surface area contributed by atoms with Crippen molar-refractivity contribution in [2.75, 3.05) is 32.8 Å². The Morgan fingerprint density at radius 3 is 2.62 bits per heavy atom. The van der Waals surface area contributed by atoms with Crippen molar-refractivity contribution >= 4 is 0 Å². The van der Waals surface area contributed by atoms with Crippen molar-refractivity contribution in [1.82, 2.24) is 10.2 Å². The van der Waals surface area contributed by atoms with Crippen molar-refractivity contribution in [2.45, 2.75) is 40.2 Å². The van der Waals surface area contributed by atoms with Crippen LogP contribution in [0.15, 0.2) is 0 Å². The Morgan fingerprint density at radius 1 is 1.44 bits per heavy atom. The molecule has 1 rings (SSSR count). The third kappa shape index (κ3) is 4.04. The van der Waals surface area contributed by atoms with E-state index < -0.39 is 0 Å². The van der Waals surface area contributed by atoms with Gasteiger partial charge in [-0.2, -0.15) is 0 Å². The molecule has 0 aromatic rings. The molecule has 1 aliphatic rings. The topological polar surface area (TPSA) is 35.5 Å². The molecule has 0 aromatic carbocycles. The van der Waals surface area contributed by atoms with Gasteiger partial charge in [-0.15, -0.1) is 0 Å². The highest BCUT2D eigenvalue weighted by Gasteiger charge is 2.26.